The third kappa shape index (κ3) is 2.33. The molecule has 0 unspecified atom stereocenters. The maximum atomic E-state index is 12.3. The Morgan fingerprint density at radius 2 is 2.00 bits per heavy atom. The van der Waals surface area contributed by atoms with Gasteiger partial charge in [0.25, 0.3) is 5.91 Å². The quantitative estimate of drug-likeness (QED) is 0.709. The molecule has 0 saturated carbocycles. The van der Waals surface area contributed by atoms with Crippen molar-refractivity contribution in [3.8, 4) is 0 Å². The van der Waals surface area contributed by atoms with Crippen molar-refractivity contribution >= 4 is 28.6 Å². The number of nitrogens with two attached hydrogens (primary N) is 1. The van der Waals surface area contributed by atoms with Gasteiger partial charge >= 0.3 is 0 Å². The smallest absolute Gasteiger partial charge is 0.257 e. The van der Waals surface area contributed by atoms with Gasteiger partial charge in [0.15, 0.2) is 0 Å². The Kier molecular flexibility index (Phi) is 3.10. The van der Waals surface area contributed by atoms with Gasteiger partial charge in [-0.1, -0.05) is 12.1 Å². The topological polar surface area (TPSA) is 72.9 Å². The van der Waals surface area contributed by atoms with Gasteiger partial charge in [-0.05, 0) is 42.8 Å². The lowest BCUT2D eigenvalue weighted by Gasteiger charge is -2.07. The van der Waals surface area contributed by atoms with Crippen LogP contribution in [0.1, 0.15) is 15.9 Å². The maximum Gasteiger partial charge on any atom is 0.257 e. The predicted octanol–water partition coefficient (Wildman–Crippen LogP) is 2.72. The highest BCUT2D eigenvalue weighted by Crippen LogP contribution is 2.19. The third-order valence-corrected chi connectivity index (χ3v) is 3.54. The van der Waals surface area contributed by atoms with Crippen molar-refractivity contribution in [2.24, 2.45) is 7.05 Å². The van der Waals surface area contributed by atoms with Crippen LogP contribution in [-0.4, -0.2) is 15.5 Å². The zero-order valence-corrected chi connectivity index (χ0v) is 11.9. The van der Waals surface area contributed by atoms with Crippen LogP contribution in [0.3, 0.4) is 0 Å². The van der Waals surface area contributed by atoms with E-state index in [1.165, 1.54) is 0 Å². The summed E-state index contributed by atoms with van der Waals surface area (Å²) in [6.45, 7) is 1.88. The molecule has 0 aliphatic heterocycles. The highest BCUT2D eigenvalue weighted by atomic mass is 16.1. The zero-order valence-electron chi connectivity index (χ0n) is 11.9. The summed E-state index contributed by atoms with van der Waals surface area (Å²) in [4.78, 5) is 16.7. The minimum absolute atomic E-state index is 0.198. The van der Waals surface area contributed by atoms with Gasteiger partial charge in [-0.2, -0.15) is 0 Å². The van der Waals surface area contributed by atoms with Crippen LogP contribution in [-0.2, 0) is 7.05 Å². The number of aromatic nitrogens is 2. The summed E-state index contributed by atoms with van der Waals surface area (Å²) < 4.78 is 1.86. The summed E-state index contributed by atoms with van der Waals surface area (Å²) in [6, 6.07) is 13.0. The molecule has 5 nitrogen and oxygen atoms in total. The van der Waals surface area contributed by atoms with E-state index in [4.69, 9.17) is 5.73 Å². The summed E-state index contributed by atoms with van der Waals surface area (Å²) in [7, 11) is 1.87. The fourth-order valence-electron chi connectivity index (χ4n) is 2.25. The van der Waals surface area contributed by atoms with E-state index < -0.39 is 0 Å². The molecule has 0 aliphatic carbocycles. The summed E-state index contributed by atoms with van der Waals surface area (Å²) in [6.07, 6.45) is 0. The highest BCUT2D eigenvalue weighted by molar-refractivity contribution is 6.04. The van der Waals surface area contributed by atoms with Crippen LogP contribution in [0.5, 0.6) is 0 Å². The second-order valence-electron chi connectivity index (χ2n) is 5.01. The number of carbonyl (C=O) groups excluding carboxylic acids is 1. The van der Waals surface area contributed by atoms with Crippen molar-refractivity contribution in [2.75, 3.05) is 11.1 Å². The molecule has 1 amide bonds. The molecule has 0 fully saturated rings. The monoisotopic (exact) mass is 280 g/mol. The van der Waals surface area contributed by atoms with Crippen LogP contribution < -0.4 is 11.1 Å². The first-order valence-corrected chi connectivity index (χ1v) is 6.65. The van der Waals surface area contributed by atoms with E-state index in [1.807, 2.05) is 42.8 Å². The van der Waals surface area contributed by atoms with Crippen LogP contribution in [0.15, 0.2) is 42.5 Å². The predicted molar refractivity (Wildman–Crippen MR) is 84.3 cm³/mol. The van der Waals surface area contributed by atoms with E-state index in [9.17, 15) is 4.79 Å². The first-order chi connectivity index (χ1) is 10.1. The number of nitrogen functional groups attached to an aromatic ring is 1. The van der Waals surface area contributed by atoms with Gasteiger partial charge in [0, 0.05) is 18.3 Å². The lowest BCUT2D eigenvalue weighted by molar-refractivity contribution is 0.102. The van der Waals surface area contributed by atoms with Gasteiger partial charge in [-0.15, -0.1) is 0 Å². The number of hydrogen-bond acceptors (Lipinski definition) is 3. The average molecular weight is 280 g/mol. The normalized spacial score (nSPS) is 10.8. The molecular formula is C16H16N4O. The van der Waals surface area contributed by atoms with Crippen LogP contribution >= 0.6 is 0 Å². The molecule has 0 aliphatic rings. The van der Waals surface area contributed by atoms with Crippen molar-refractivity contribution in [1.82, 2.24) is 9.55 Å². The SMILES string of the molecule is Cc1cc(C(=O)Nc2nc3ccccc3n2C)ccc1N. The van der Waals surface area contributed by atoms with Crippen LogP contribution in [0.4, 0.5) is 11.6 Å². The number of rotatable bonds is 2. The summed E-state index contributed by atoms with van der Waals surface area (Å²) in [5.74, 6) is 0.326. The fourth-order valence-corrected chi connectivity index (χ4v) is 2.25. The number of amides is 1. The van der Waals surface area contributed by atoms with Gasteiger partial charge < -0.3 is 10.3 Å². The van der Waals surface area contributed by atoms with E-state index >= 15 is 0 Å². The maximum absolute atomic E-state index is 12.3. The number of anilines is 2. The summed E-state index contributed by atoms with van der Waals surface area (Å²) in [5, 5.41) is 2.83. The van der Waals surface area contributed by atoms with E-state index in [1.54, 1.807) is 18.2 Å². The lowest BCUT2D eigenvalue weighted by Crippen LogP contribution is -2.15. The Hall–Kier alpha value is -2.82. The molecule has 0 radical (unpaired) electrons. The Morgan fingerprint density at radius 3 is 2.71 bits per heavy atom. The number of nitrogens with one attached hydrogen (secondary N) is 1. The van der Waals surface area contributed by atoms with E-state index in [2.05, 4.69) is 10.3 Å². The number of imidazole rings is 1. The van der Waals surface area contributed by atoms with Crippen molar-refractivity contribution in [3.05, 3.63) is 53.6 Å². The largest absolute Gasteiger partial charge is 0.399 e. The first kappa shape index (κ1) is 13.2. The lowest BCUT2D eigenvalue weighted by atomic mass is 10.1. The number of fused-ring (bicyclic) bond motifs is 1. The number of carbonyl (C=O) groups is 1. The molecule has 0 atom stereocenters. The Morgan fingerprint density at radius 1 is 1.24 bits per heavy atom. The van der Waals surface area contributed by atoms with Crippen molar-refractivity contribution in [1.29, 1.82) is 0 Å². The molecule has 3 aromatic rings. The molecule has 0 spiro atoms. The fraction of sp³-hybridized carbons (Fsp3) is 0.125. The Labute approximate surface area is 122 Å². The number of nitrogens with zero attached hydrogens (tertiary/aromatic N) is 2. The van der Waals surface area contributed by atoms with Crippen molar-refractivity contribution in [3.63, 3.8) is 0 Å². The molecule has 3 rings (SSSR count). The van der Waals surface area contributed by atoms with Gasteiger partial charge in [0.1, 0.15) is 0 Å². The van der Waals surface area contributed by atoms with Crippen LogP contribution in [0.2, 0.25) is 0 Å². The molecule has 1 aromatic heterocycles. The molecule has 1 heterocycles. The van der Waals surface area contributed by atoms with Crippen LogP contribution in [0, 0.1) is 6.92 Å². The molecule has 3 N–H and O–H groups in total. The average Bonchev–Trinajstić information content (AvgIpc) is 2.79. The van der Waals surface area contributed by atoms with Gasteiger partial charge in [0.2, 0.25) is 5.95 Å². The second kappa shape index (κ2) is 4.94. The van der Waals surface area contributed by atoms with E-state index in [0.29, 0.717) is 17.2 Å². The Bertz CT molecular complexity index is 835. The number of benzene rings is 2. The van der Waals surface area contributed by atoms with Crippen LogP contribution in [0.25, 0.3) is 11.0 Å². The first-order valence-electron chi connectivity index (χ1n) is 6.65. The second-order valence-corrected chi connectivity index (χ2v) is 5.01. The van der Waals surface area contributed by atoms with Crippen molar-refractivity contribution < 1.29 is 4.79 Å². The van der Waals surface area contributed by atoms with Crippen molar-refractivity contribution in [2.45, 2.75) is 6.92 Å². The molecule has 5 heteroatoms. The standard InChI is InChI=1S/C16H16N4O/c1-10-9-11(7-8-12(10)17)15(21)19-16-18-13-5-3-4-6-14(13)20(16)2/h3-9H,17H2,1-2H3,(H,18,19,21). The molecule has 2 aromatic carbocycles. The Balaban J connectivity index is 1.92. The van der Waals surface area contributed by atoms with Gasteiger partial charge in [0.05, 0.1) is 11.0 Å². The highest BCUT2D eigenvalue weighted by Gasteiger charge is 2.12. The molecule has 21 heavy (non-hydrogen) atoms. The molecule has 106 valence electrons. The summed E-state index contributed by atoms with van der Waals surface area (Å²) >= 11 is 0. The number of hydrogen-bond donors (Lipinski definition) is 2. The number of para-hydroxylation sites is 2. The van der Waals surface area contributed by atoms with E-state index in [0.717, 1.165) is 16.6 Å². The molecular weight excluding hydrogens is 264 g/mol. The van der Waals surface area contributed by atoms with Gasteiger partial charge in [-0.25, -0.2) is 4.98 Å². The molecule has 0 saturated heterocycles. The number of aryl methyl sites for hydroxylation is 2. The molecule has 0 bridgehead atoms. The minimum atomic E-state index is -0.198. The summed E-state index contributed by atoms with van der Waals surface area (Å²) in [5.41, 5.74) is 9.71. The third-order valence-electron chi connectivity index (χ3n) is 3.54. The van der Waals surface area contributed by atoms with Gasteiger partial charge in [-0.3, -0.25) is 10.1 Å². The zero-order chi connectivity index (χ0) is 15.0. The van der Waals surface area contributed by atoms with E-state index in [-0.39, 0.29) is 5.91 Å². The minimum Gasteiger partial charge on any atom is -0.399 e.